The van der Waals surface area contributed by atoms with E-state index in [4.69, 9.17) is 5.73 Å². The molecule has 0 rings (SSSR count). The molecule has 0 saturated heterocycles. The van der Waals surface area contributed by atoms with E-state index in [1.54, 1.807) is 6.08 Å². The summed E-state index contributed by atoms with van der Waals surface area (Å²) in [6.07, 6.45) is 1.65. The number of hydrogen-bond donors (Lipinski definition) is 4. The van der Waals surface area contributed by atoms with Crippen molar-refractivity contribution in [3.8, 4) is 0 Å². The maximum absolute atomic E-state index is 4.91. The summed E-state index contributed by atoms with van der Waals surface area (Å²) in [6.45, 7) is 3.94. The minimum atomic E-state index is 0. The zero-order chi connectivity index (χ0) is 3.41. The van der Waals surface area contributed by atoms with Gasteiger partial charge in [0.1, 0.15) is 0 Å². The van der Waals surface area contributed by atoms with Crippen LogP contribution in [0.15, 0.2) is 12.7 Å². The van der Waals surface area contributed by atoms with Gasteiger partial charge in [0, 0.05) is 6.54 Å². The van der Waals surface area contributed by atoms with Crippen LogP contribution in [0.3, 0.4) is 0 Å². The van der Waals surface area contributed by atoms with Crippen molar-refractivity contribution in [1.29, 1.82) is 0 Å². The monoisotopic (exact) mass is 108 g/mol. The van der Waals surface area contributed by atoms with Crippen molar-refractivity contribution in [3.05, 3.63) is 12.7 Å². The van der Waals surface area contributed by atoms with Gasteiger partial charge < -0.3 is 24.2 Å². The van der Waals surface area contributed by atoms with E-state index in [1.807, 2.05) is 0 Å². The van der Waals surface area contributed by atoms with Crippen LogP contribution in [0.25, 0.3) is 0 Å². The minimum absolute atomic E-state index is 0. The molecule has 48 valence electrons. The first-order valence-corrected chi connectivity index (χ1v) is 1.22. The summed E-state index contributed by atoms with van der Waals surface area (Å²) in [6, 6.07) is 0. The Morgan fingerprint density at radius 3 is 1.43 bits per heavy atom. The van der Waals surface area contributed by atoms with Gasteiger partial charge in [-0.1, -0.05) is 6.08 Å². The van der Waals surface area contributed by atoms with Gasteiger partial charge in [-0.25, -0.2) is 0 Å². The lowest BCUT2D eigenvalue weighted by atomic mass is 10.7. The van der Waals surface area contributed by atoms with E-state index in [0.29, 0.717) is 6.54 Å². The molecule has 0 radical (unpaired) electrons. The first kappa shape index (κ1) is 30.8. The first-order valence-electron chi connectivity index (χ1n) is 1.22. The normalized spacial score (nSPS) is 3.57. The lowest BCUT2D eigenvalue weighted by Crippen LogP contribution is -1.90. The van der Waals surface area contributed by atoms with Gasteiger partial charge in [-0.3, -0.25) is 0 Å². The Labute approximate surface area is 44.5 Å². The fourth-order valence-corrected chi connectivity index (χ4v) is 0. The molecule has 0 spiro atoms. The zero-order valence-corrected chi connectivity index (χ0v) is 4.69. The zero-order valence-electron chi connectivity index (χ0n) is 4.69. The van der Waals surface area contributed by atoms with Gasteiger partial charge in [0.25, 0.3) is 0 Å². The average molecular weight is 108 g/mol. The molecular formula is C3H16N4. The second-order valence-electron chi connectivity index (χ2n) is 0.524. The summed E-state index contributed by atoms with van der Waals surface area (Å²) in [7, 11) is 0. The molecule has 0 aromatic heterocycles. The molecule has 0 saturated carbocycles. The van der Waals surface area contributed by atoms with Crippen molar-refractivity contribution in [2.75, 3.05) is 6.54 Å². The van der Waals surface area contributed by atoms with Crippen molar-refractivity contribution in [1.82, 2.24) is 18.5 Å². The molecule has 0 aliphatic heterocycles. The molecule has 4 nitrogen and oxygen atoms in total. The van der Waals surface area contributed by atoms with E-state index >= 15 is 0 Å². The third-order valence-electron chi connectivity index (χ3n) is 0.167. The molecule has 0 aliphatic carbocycles. The minimum Gasteiger partial charge on any atom is -0.344 e. The highest BCUT2D eigenvalue weighted by atomic mass is 14.5. The first-order chi connectivity index (χ1) is 1.91. The third kappa shape index (κ3) is 213. The number of rotatable bonds is 1. The molecule has 0 aromatic carbocycles. The summed E-state index contributed by atoms with van der Waals surface area (Å²) in [5.41, 5.74) is 4.91. The summed E-state index contributed by atoms with van der Waals surface area (Å²) in [4.78, 5) is 0. The summed E-state index contributed by atoms with van der Waals surface area (Å²) in [5, 5.41) is 0. The second kappa shape index (κ2) is 46.9. The molecular weight excluding hydrogens is 92.1 g/mol. The highest BCUT2D eigenvalue weighted by Gasteiger charge is 1.43. The summed E-state index contributed by atoms with van der Waals surface area (Å²) in [5.74, 6) is 0. The molecule has 0 aromatic rings. The molecule has 0 aliphatic rings. The van der Waals surface area contributed by atoms with Crippen molar-refractivity contribution in [2.45, 2.75) is 0 Å². The van der Waals surface area contributed by atoms with E-state index < -0.39 is 0 Å². The number of nitrogens with two attached hydrogens (primary N) is 1. The maximum Gasteiger partial charge on any atom is 0.0104 e. The lowest BCUT2D eigenvalue weighted by molar-refractivity contribution is 1.26. The van der Waals surface area contributed by atoms with Crippen LogP contribution in [0.4, 0.5) is 0 Å². The molecule has 11 N–H and O–H groups in total. The quantitative estimate of drug-likeness (QED) is 0.366. The SMILES string of the molecule is C=CCN.N.N.N. The maximum atomic E-state index is 4.91. The van der Waals surface area contributed by atoms with Gasteiger partial charge in [-0.2, -0.15) is 0 Å². The Hall–Kier alpha value is -0.420. The molecule has 7 heavy (non-hydrogen) atoms. The van der Waals surface area contributed by atoms with E-state index in [-0.39, 0.29) is 18.5 Å². The van der Waals surface area contributed by atoms with Crippen molar-refractivity contribution in [3.63, 3.8) is 0 Å². The molecule has 4 heteroatoms. The predicted molar refractivity (Wildman–Crippen MR) is 34.3 cm³/mol. The fraction of sp³-hybridized carbons (Fsp3) is 0.333. The Kier molecular flexibility index (Phi) is 206. The second-order valence-corrected chi connectivity index (χ2v) is 0.524. The van der Waals surface area contributed by atoms with Crippen LogP contribution in [0.1, 0.15) is 0 Å². The smallest absolute Gasteiger partial charge is 0.0104 e. The molecule has 0 fully saturated rings. The highest BCUT2D eigenvalue weighted by Crippen LogP contribution is 1.40. The van der Waals surface area contributed by atoms with Crippen molar-refractivity contribution >= 4 is 0 Å². The standard InChI is InChI=1S/C3H7N.3H3N/c1-2-3-4;;;/h2H,1,3-4H2;3*1H3. The largest absolute Gasteiger partial charge is 0.344 e. The van der Waals surface area contributed by atoms with Gasteiger partial charge in [0.15, 0.2) is 0 Å². The Morgan fingerprint density at radius 1 is 1.29 bits per heavy atom. The summed E-state index contributed by atoms with van der Waals surface area (Å²) < 4.78 is 0. The molecule has 0 heterocycles. The molecule has 0 atom stereocenters. The Bertz CT molecular complexity index is 20.9. The van der Waals surface area contributed by atoms with Crippen LogP contribution >= 0.6 is 0 Å². The fourth-order valence-electron chi connectivity index (χ4n) is 0. The van der Waals surface area contributed by atoms with E-state index in [9.17, 15) is 0 Å². The van der Waals surface area contributed by atoms with Crippen LogP contribution in [0, 0.1) is 0 Å². The van der Waals surface area contributed by atoms with Crippen LogP contribution in [-0.2, 0) is 0 Å². The van der Waals surface area contributed by atoms with Gasteiger partial charge in [-0.15, -0.1) is 6.58 Å². The van der Waals surface area contributed by atoms with E-state index in [0.717, 1.165) is 0 Å². The molecule has 0 bridgehead atoms. The van der Waals surface area contributed by atoms with Gasteiger partial charge in [0.2, 0.25) is 0 Å². The predicted octanol–water partition coefficient (Wildman–Crippen LogP) is 0.617. The molecule has 0 unspecified atom stereocenters. The lowest BCUT2D eigenvalue weighted by Gasteiger charge is -1.61. The number of hydrogen-bond acceptors (Lipinski definition) is 4. The van der Waals surface area contributed by atoms with Crippen molar-refractivity contribution in [2.24, 2.45) is 5.73 Å². The summed E-state index contributed by atoms with van der Waals surface area (Å²) >= 11 is 0. The Balaban J connectivity index is -0.0000000150. The third-order valence-corrected chi connectivity index (χ3v) is 0.167. The van der Waals surface area contributed by atoms with Gasteiger partial charge >= 0.3 is 0 Å². The topological polar surface area (TPSA) is 131 Å². The van der Waals surface area contributed by atoms with Crippen LogP contribution in [0.5, 0.6) is 0 Å². The van der Waals surface area contributed by atoms with Crippen molar-refractivity contribution < 1.29 is 0 Å². The van der Waals surface area contributed by atoms with Crippen LogP contribution < -0.4 is 24.2 Å². The van der Waals surface area contributed by atoms with Crippen LogP contribution in [-0.4, -0.2) is 6.54 Å². The Morgan fingerprint density at radius 2 is 1.43 bits per heavy atom. The van der Waals surface area contributed by atoms with E-state index in [2.05, 4.69) is 6.58 Å². The van der Waals surface area contributed by atoms with Gasteiger partial charge in [-0.05, 0) is 0 Å². The highest BCUT2D eigenvalue weighted by molar-refractivity contribution is 4.64. The van der Waals surface area contributed by atoms with Crippen LogP contribution in [0.2, 0.25) is 0 Å². The average Bonchev–Trinajstić information content (AvgIpc) is 1.37. The van der Waals surface area contributed by atoms with Gasteiger partial charge in [0.05, 0.1) is 0 Å². The molecule has 0 amide bonds. The van der Waals surface area contributed by atoms with E-state index in [1.165, 1.54) is 0 Å².